The Morgan fingerprint density at radius 1 is 1.04 bits per heavy atom. The molecule has 134 valence electrons. The molecule has 25 heavy (non-hydrogen) atoms. The van der Waals surface area contributed by atoms with Crippen molar-refractivity contribution in [2.24, 2.45) is 7.05 Å². The summed E-state index contributed by atoms with van der Waals surface area (Å²) in [7, 11) is 1.46. The fraction of sp³-hybridized carbons (Fsp3) is 0.412. The van der Waals surface area contributed by atoms with Crippen molar-refractivity contribution >= 4 is 29.0 Å². The summed E-state index contributed by atoms with van der Waals surface area (Å²) in [5, 5.41) is 1.15. The molecule has 0 bridgehead atoms. The number of H-pyrrole nitrogens is 1. The molecule has 0 amide bonds. The third kappa shape index (κ3) is 4.26. The van der Waals surface area contributed by atoms with E-state index in [1.807, 2.05) is 23.1 Å². The van der Waals surface area contributed by atoms with E-state index in [4.69, 9.17) is 23.2 Å². The number of rotatable bonds is 4. The van der Waals surface area contributed by atoms with Crippen molar-refractivity contribution in [1.29, 1.82) is 0 Å². The SMILES string of the molecule is Cn1c(=O)cc(N2CCN(CCc3ccc(Cl)c(Cl)c3)CC2)[nH]c1=O. The first-order valence-electron chi connectivity index (χ1n) is 8.15. The quantitative estimate of drug-likeness (QED) is 0.874. The molecular formula is C17H20Cl2N4O2. The Balaban J connectivity index is 1.56. The van der Waals surface area contributed by atoms with Crippen LogP contribution in [0, 0.1) is 0 Å². The summed E-state index contributed by atoms with van der Waals surface area (Å²) in [5.41, 5.74) is 0.484. The predicted octanol–water partition coefficient (Wildman–Crippen LogP) is 1.75. The van der Waals surface area contributed by atoms with Crippen LogP contribution in [-0.4, -0.2) is 47.2 Å². The summed E-state index contributed by atoms with van der Waals surface area (Å²) in [4.78, 5) is 30.7. The third-order valence-electron chi connectivity index (χ3n) is 4.54. The van der Waals surface area contributed by atoms with Crippen LogP contribution in [0.3, 0.4) is 0 Å². The zero-order chi connectivity index (χ0) is 18.0. The number of nitrogens with one attached hydrogen (secondary N) is 1. The molecule has 1 fully saturated rings. The number of piperazine rings is 1. The van der Waals surface area contributed by atoms with Gasteiger partial charge in [0.05, 0.1) is 10.0 Å². The zero-order valence-electron chi connectivity index (χ0n) is 14.0. The van der Waals surface area contributed by atoms with E-state index in [0.717, 1.165) is 49.3 Å². The van der Waals surface area contributed by atoms with Crippen molar-refractivity contribution in [3.05, 3.63) is 60.7 Å². The Morgan fingerprint density at radius 2 is 1.76 bits per heavy atom. The van der Waals surface area contributed by atoms with Crippen LogP contribution < -0.4 is 16.1 Å². The maximum atomic E-state index is 11.8. The molecule has 1 saturated heterocycles. The number of hydrogen-bond acceptors (Lipinski definition) is 4. The lowest BCUT2D eigenvalue weighted by Crippen LogP contribution is -2.48. The minimum absolute atomic E-state index is 0.291. The highest BCUT2D eigenvalue weighted by molar-refractivity contribution is 6.42. The smallest absolute Gasteiger partial charge is 0.329 e. The molecule has 0 aliphatic carbocycles. The molecule has 2 aromatic rings. The minimum Gasteiger partial charge on any atom is -0.355 e. The average Bonchev–Trinajstić information content (AvgIpc) is 2.61. The molecular weight excluding hydrogens is 363 g/mol. The number of hydrogen-bond donors (Lipinski definition) is 1. The van der Waals surface area contributed by atoms with Gasteiger partial charge in [-0.2, -0.15) is 0 Å². The van der Waals surface area contributed by atoms with Gasteiger partial charge >= 0.3 is 5.69 Å². The highest BCUT2D eigenvalue weighted by Crippen LogP contribution is 2.23. The van der Waals surface area contributed by atoms with Gasteiger partial charge in [-0.3, -0.25) is 19.2 Å². The van der Waals surface area contributed by atoms with Gasteiger partial charge in [-0.15, -0.1) is 0 Å². The van der Waals surface area contributed by atoms with Gasteiger partial charge in [-0.1, -0.05) is 29.3 Å². The van der Waals surface area contributed by atoms with Crippen LogP contribution in [0.15, 0.2) is 33.9 Å². The van der Waals surface area contributed by atoms with Gasteiger partial charge in [0, 0.05) is 45.8 Å². The molecule has 0 saturated carbocycles. The molecule has 0 spiro atoms. The number of benzene rings is 1. The van der Waals surface area contributed by atoms with Gasteiger partial charge < -0.3 is 4.90 Å². The lowest BCUT2D eigenvalue weighted by atomic mass is 10.1. The van der Waals surface area contributed by atoms with Crippen LogP contribution in [0.4, 0.5) is 5.82 Å². The third-order valence-corrected chi connectivity index (χ3v) is 5.28. The normalized spacial score (nSPS) is 15.6. The maximum Gasteiger partial charge on any atom is 0.329 e. The molecule has 0 unspecified atom stereocenters. The number of aromatic nitrogens is 2. The van der Waals surface area contributed by atoms with Crippen LogP contribution in [0.25, 0.3) is 0 Å². The van der Waals surface area contributed by atoms with Gasteiger partial charge in [0.2, 0.25) is 0 Å². The topological polar surface area (TPSA) is 61.3 Å². The monoisotopic (exact) mass is 382 g/mol. The van der Waals surface area contributed by atoms with Crippen molar-refractivity contribution in [1.82, 2.24) is 14.5 Å². The Labute approximate surface area is 155 Å². The largest absolute Gasteiger partial charge is 0.355 e. The maximum absolute atomic E-state index is 11.8. The van der Waals surface area contributed by atoms with Crippen LogP contribution >= 0.6 is 23.2 Å². The molecule has 2 heterocycles. The summed E-state index contributed by atoms with van der Waals surface area (Å²) in [5.74, 6) is 0.595. The molecule has 1 aromatic carbocycles. The Bertz CT molecular complexity index is 838. The van der Waals surface area contributed by atoms with E-state index in [9.17, 15) is 9.59 Å². The van der Waals surface area contributed by atoms with E-state index in [-0.39, 0.29) is 11.2 Å². The summed E-state index contributed by atoms with van der Waals surface area (Å²) in [6.07, 6.45) is 0.902. The van der Waals surface area contributed by atoms with E-state index >= 15 is 0 Å². The first-order valence-corrected chi connectivity index (χ1v) is 8.91. The number of halogens is 2. The minimum atomic E-state index is -0.385. The molecule has 0 radical (unpaired) electrons. The van der Waals surface area contributed by atoms with Crippen LogP contribution in [0.2, 0.25) is 10.0 Å². The summed E-state index contributed by atoms with van der Waals surface area (Å²) >= 11 is 12.0. The number of aromatic amines is 1. The standard InChI is InChI=1S/C17H20Cl2N4O2/c1-21-16(24)11-15(20-17(21)25)23-8-6-22(7-9-23)5-4-12-2-3-13(18)14(19)10-12/h2-3,10-11H,4-9H2,1H3,(H,20,25). The Morgan fingerprint density at radius 3 is 2.40 bits per heavy atom. The van der Waals surface area contributed by atoms with E-state index in [1.165, 1.54) is 13.1 Å². The van der Waals surface area contributed by atoms with Crippen molar-refractivity contribution < 1.29 is 0 Å². The molecule has 0 atom stereocenters. The molecule has 1 aromatic heterocycles. The second kappa shape index (κ2) is 7.64. The van der Waals surface area contributed by atoms with Gasteiger partial charge in [-0.25, -0.2) is 4.79 Å². The van der Waals surface area contributed by atoms with Gasteiger partial charge in [0.1, 0.15) is 5.82 Å². The zero-order valence-corrected chi connectivity index (χ0v) is 15.5. The van der Waals surface area contributed by atoms with Gasteiger partial charge in [-0.05, 0) is 24.1 Å². The summed E-state index contributed by atoms with van der Waals surface area (Å²) < 4.78 is 1.07. The Hall–Kier alpha value is -1.76. The Kier molecular flexibility index (Phi) is 5.51. The van der Waals surface area contributed by atoms with Gasteiger partial charge in [0.15, 0.2) is 0 Å². The predicted molar refractivity (Wildman–Crippen MR) is 101 cm³/mol. The van der Waals surface area contributed by atoms with Crippen LogP contribution in [0.5, 0.6) is 0 Å². The highest BCUT2D eigenvalue weighted by atomic mass is 35.5. The fourth-order valence-electron chi connectivity index (χ4n) is 2.91. The van der Waals surface area contributed by atoms with E-state index in [2.05, 4.69) is 9.88 Å². The molecule has 8 heteroatoms. The summed E-state index contributed by atoms with van der Waals surface area (Å²) in [6, 6.07) is 7.20. The van der Waals surface area contributed by atoms with E-state index in [0.29, 0.717) is 15.9 Å². The van der Waals surface area contributed by atoms with E-state index in [1.54, 1.807) is 0 Å². The number of anilines is 1. The first kappa shape index (κ1) is 18.0. The first-order chi connectivity index (χ1) is 11.9. The molecule has 1 aliphatic rings. The fourth-order valence-corrected chi connectivity index (χ4v) is 3.23. The van der Waals surface area contributed by atoms with Crippen molar-refractivity contribution in [2.45, 2.75) is 6.42 Å². The lowest BCUT2D eigenvalue weighted by Gasteiger charge is -2.35. The second-order valence-electron chi connectivity index (χ2n) is 6.18. The molecule has 3 rings (SSSR count). The molecule has 1 N–H and O–H groups in total. The molecule has 6 nitrogen and oxygen atoms in total. The van der Waals surface area contributed by atoms with E-state index < -0.39 is 0 Å². The molecule has 1 aliphatic heterocycles. The van der Waals surface area contributed by atoms with Crippen molar-refractivity contribution in [3.8, 4) is 0 Å². The van der Waals surface area contributed by atoms with Crippen molar-refractivity contribution in [2.75, 3.05) is 37.6 Å². The van der Waals surface area contributed by atoms with Crippen molar-refractivity contribution in [3.63, 3.8) is 0 Å². The summed E-state index contributed by atoms with van der Waals surface area (Å²) in [6.45, 7) is 4.21. The average molecular weight is 383 g/mol. The van der Waals surface area contributed by atoms with Crippen LogP contribution in [0.1, 0.15) is 5.56 Å². The van der Waals surface area contributed by atoms with Crippen LogP contribution in [-0.2, 0) is 13.5 Å². The number of nitrogens with zero attached hydrogens (tertiary/aromatic N) is 3. The van der Waals surface area contributed by atoms with Gasteiger partial charge in [0.25, 0.3) is 5.56 Å². The second-order valence-corrected chi connectivity index (χ2v) is 7.00. The lowest BCUT2D eigenvalue weighted by molar-refractivity contribution is 0.260. The highest BCUT2D eigenvalue weighted by Gasteiger charge is 2.18.